The molecule has 3 heterocycles. The second-order valence-electron chi connectivity index (χ2n) is 5.87. The first kappa shape index (κ1) is 21.0. The van der Waals surface area contributed by atoms with Crippen LogP contribution in [0.4, 0.5) is 5.00 Å². The van der Waals surface area contributed by atoms with Gasteiger partial charge in [0.1, 0.15) is 5.00 Å². The Morgan fingerprint density at radius 2 is 2.00 bits per heavy atom. The molecule has 0 aliphatic rings. The topological polar surface area (TPSA) is 107 Å². The first-order valence-corrected chi connectivity index (χ1v) is 10.8. The number of aromatic nitrogens is 3. The zero-order valence-corrected chi connectivity index (χ0v) is 17.9. The second kappa shape index (κ2) is 9.66. The van der Waals surface area contributed by atoms with Crippen LogP contribution in [-0.4, -0.2) is 39.4 Å². The van der Waals surface area contributed by atoms with Crippen LogP contribution in [0.25, 0.3) is 11.5 Å². The molecule has 0 fully saturated rings. The van der Waals surface area contributed by atoms with Crippen molar-refractivity contribution in [1.29, 1.82) is 0 Å². The molecule has 1 N–H and O–H groups in total. The summed E-state index contributed by atoms with van der Waals surface area (Å²) < 4.78 is 10.7. The van der Waals surface area contributed by atoms with Crippen LogP contribution in [0.2, 0.25) is 0 Å². The molecule has 0 aromatic carbocycles. The van der Waals surface area contributed by atoms with Gasteiger partial charge in [-0.3, -0.25) is 9.78 Å². The summed E-state index contributed by atoms with van der Waals surface area (Å²) >= 11 is 2.52. The maximum Gasteiger partial charge on any atom is 0.341 e. The van der Waals surface area contributed by atoms with Gasteiger partial charge in [0, 0.05) is 22.8 Å². The van der Waals surface area contributed by atoms with E-state index in [0.29, 0.717) is 16.5 Å². The number of thioether (sulfide) groups is 1. The van der Waals surface area contributed by atoms with Crippen molar-refractivity contribution in [3.8, 4) is 11.5 Å². The molecule has 0 spiro atoms. The number of hydrogen-bond acceptors (Lipinski definition) is 9. The highest BCUT2D eigenvalue weighted by Gasteiger charge is 2.23. The molecule has 0 unspecified atom stereocenters. The number of anilines is 1. The van der Waals surface area contributed by atoms with Crippen molar-refractivity contribution in [1.82, 2.24) is 15.2 Å². The number of nitrogens with zero attached hydrogens (tertiary/aromatic N) is 3. The molecular formula is C19H20N4O4S2. The summed E-state index contributed by atoms with van der Waals surface area (Å²) in [7, 11) is 0. The van der Waals surface area contributed by atoms with Crippen molar-refractivity contribution in [2.24, 2.45) is 0 Å². The molecule has 3 rings (SSSR count). The Morgan fingerprint density at radius 1 is 1.24 bits per heavy atom. The number of rotatable bonds is 8. The summed E-state index contributed by atoms with van der Waals surface area (Å²) in [4.78, 5) is 29.7. The number of esters is 1. The van der Waals surface area contributed by atoms with Gasteiger partial charge in [0.15, 0.2) is 0 Å². The molecule has 0 aliphatic heterocycles. The zero-order valence-electron chi connectivity index (χ0n) is 16.2. The number of amides is 1. The van der Waals surface area contributed by atoms with E-state index in [4.69, 9.17) is 9.15 Å². The second-order valence-corrected chi connectivity index (χ2v) is 7.91. The third-order valence-electron chi connectivity index (χ3n) is 3.96. The van der Waals surface area contributed by atoms with E-state index < -0.39 is 5.97 Å². The molecular weight excluding hydrogens is 412 g/mol. The molecule has 0 atom stereocenters. The predicted octanol–water partition coefficient (Wildman–Crippen LogP) is 3.97. The average Bonchev–Trinajstić information content (AvgIpc) is 3.31. The minimum absolute atomic E-state index is 0.0681. The number of carbonyl (C=O) groups excluding carboxylic acids is 2. The Labute approximate surface area is 176 Å². The highest BCUT2D eigenvalue weighted by Crippen LogP contribution is 2.34. The third-order valence-corrected chi connectivity index (χ3v) is 6.13. The van der Waals surface area contributed by atoms with E-state index in [0.717, 1.165) is 34.2 Å². The lowest BCUT2D eigenvalue weighted by molar-refractivity contribution is -0.113. The first-order valence-electron chi connectivity index (χ1n) is 8.99. The van der Waals surface area contributed by atoms with E-state index in [1.54, 1.807) is 31.5 Å². The Balaban J connectivity index is 1.66. The van der Waals surface area contributed by atoms with Gasteiger partial charge in [0.2, 0.25) is 11.8 Å². The van der Waals surface area contributed by atoms with Gasteiger partial charge in [0.25, 0.3) is 5.22 Å². The third kappa shape index (κ3) is 5.01. The van der Waals surface area contributed by atoms with Crippen LogP contribution in [-0.2, 0) is 16.0 Å². The predicted molar refractivity (Wildman–Crippen MR) is 111 cm³/mol. The molecule has 10 heteroatoms. The van der Waals surface area contributed by atoms with Crippen molar-refractivity contribution in [2.75, 3.05) is 17.7 Å². The van der Waals surface area contributed by atoms with Gasteiger partial charge >= 0.3 is 5.97 Å². The number of carbonyl (C=O) groups is 2. The zero-order chi connectivity index (χ0) is 20.8. The summed E-state index contributed by atoms with van der Waals surface area (Å²) in [6.45, 7) is 5.89. The van der Waals surface area contributed by atoms with Crippen LogP contribution in [0.5, 0.6) is 0 Å². The summed E-state index contributed by atoms with van der Waals surface area (Å²) in [5, 5.41) is 11.5. The monoisotopic (exact) mass is 432 g/mol. The number of thiophene rings is 1. The van der Waals surface area contributed by atoms with Crippen LogP contribution in [0.15, 0.2) is 34.2 Å². The molecule has 1 amide bonds. The summed E-state index contributed by atoms with van der Waals surface area (Å²) in [5.74, 6) is -0.268. The van der Waals surface area contributed by atoms with Gasteiger partial charge < -0.3 is 14.5 Å². The number of ether oxygens (including phenoxy) is 1. The smallest absolute Gasteiger partial charge is 0.341 e. The van der Waals surface area contributed by atoms with Crippen LogP contribution in [0, 0.1) is 6.92 Å². The summed E-state index contributed by atoms with van der Waals surface area (Å²) in [6.07, 6.45) is 4.04. The molecule has 0 saturated carbocycles. The highest BCUT2D eigenvalue weighted by atomic mass is 32.2. The van der Waals surface area contributed by atoms with E-state index in [2.05, 4.69) is 20.5 Å². The Bertz CT molecular complexity index is 1000. The van der Waals surface area contributed by atoms with Gasteiger partial charge in [-0.2, -0.15) is 0 Å². The largest absolute Gasteiger partial charge is 0.462 e. The average molecular weight is 433 g/mol. The fourth-order valence-electron chi connectivity index (χ4n) is 2.60. The van der Waals surface area contributed by atoms with Crippen LogP contribution in [0.1, 0.15) is 34.6 Å². The molecule has 0 saturated heterocycles. The quantitative estimate of drug-likeness (QED) is 0.421. The van der Waals surface area contributed by atoms with E-state index in [9.17, 15) is 9.59 Å². The maximum absolute atomic E-state index is 12.4. The molecule has 3 aromatic heterocycles. The number of pyridine rings is 1. The molecule has 0 radical (unpaired) electrons. The number of hydrogen-bond donors (Lipinski definition) is 1. The van der Waals surface area contributed by atoms with E-state index in [-0.39, 0.29) is 23.5 Å². The number of aryl methyl sites for hydroxylation is 1. The molecule has 0 aliphatic carbocycles. The minimum Gasteiger partial charge on any atom is -0.462 e. The molecule has 152 valence electrons. The van der Waals surface area contributed by atoms with Gasteiger partial charge in [0.05, 0.1) is 17.9 Å². The van der Waals surface area contributed by atoms with Gasteiger partial charge in [-0.15, -0.1) is 21.5 Å². The fourth-order valence-corrected chi connectivity index (χ4v) is 4.32. The lowest BCUT2D eigenvalue weighted by Crippen LogP contribution is -2.16. The molecule has 3 aromatic rings. The normalized spacial score (nSPS) is 10.7. The Hall–Kier alpha value is -2.72. The van der Waals surface area contributed by atoms with Gasteiger partial charge in [-0.1, -0.05) is 18.7 Å². The molecule has 8 nitrogen and oxygen atoms in total. The SMILES string of the molecule is CCOC(=O)c1c(NC(=O)CSc2nnc(-c3ccncc3)o2)sc(CC)c1C. The lowest BCUT2D eigenvalue weighted by Gasteiger charge is -2.06. The lowest BCUT2D eigenvalue weighted by atomic mass is 10.1. The Morgan fingerprint density at radius 3 is 2.69 bits per heavy atom. The maximum atomic E-state index is 12.4. The van der Waals surface area contributed by atoms with E-state index >= 15 is 0 Å². The molecule has 0 bridgehead atoms. The minimum atomic E-state index is -0.428. The first-order chi connectivity index (χ1) is 14.0. The van der Waals surface area contributed by atoms with E-state index in [1.807, 2.05) is 13.8 Å². The van der Waals surface area contributed by atoms with E-state index in [1.165, 1.54) is 11.3 Å². The Kier molecular flexibility index (Phi) is 6.99. The van der Waals surface area contributed by atoms with Crippen LogP contribution < -0.4 is 5.32 Å². The van der Waals surface area contributed by atoms with Crippen molar-refractivity contribution in [2.45, 2.75) is 32.4 Å². The summed E-state index contributed by atoms with van der Waals surface area (Å²) in [6, 6.07) is 3.52. The number of nitrogens with one attached hydrogen (secondary N) is 1. The van der Waals surface area contributed by atoms with Gasteiger partial charge in [-0.05, 0) is 38.0 Å². The van der Waals surface area contributed by atoms with Gasteiger partial charge in [-0.25, -0.2) is 4.79 Å². The standard InChI is InChI=1S/C19H20N4O4S2/c1-4-13-11(3)15(18(25)26-5-2)17(29-13)21-14(24)10-28-19-23-22-16(27-19)12-6-8-20-9-7-12/h6-9H,4-5,10H2,1-3H3,(H,21,24). The molecule has 29 heavy (non-hydrogen) atoms. The van der Waals surface area contributed by atoms with Crippen molar-refractivity contribution >= 4 is 40.0 Å². The fraction of sp³-hybridized carbons (Fsp3) is 0.316. The van der Waals surface area contributed by atoms with Crippen molar-refractivity contribution < 1.29 is 18.7 Å². The highest BCUT2D eigenvalue weighted by molar-refractivity contribution is 7.99. The summed E-state index contributed by atoms with van der Waals surface area (Å²) in [5.41, 5.74) is 2.02. The van der Waals surface area contributed by atoms with Crippen molar-refractivity contribution in [3.05, 3.63) is 40.5 Å². The van der Waals surface area contributed by atoms with Crippen LogP contribution >= 0.6 is 23.1 Å². The van der Waals surface area contributed by atoms with Crippen molar-refractivity contribution in [3.63, 3.8) is 0 Å². The van der Waals surface area contributed by atoms with Crippen LogP contribution in [0.3, 0.4) is 0 Å².